The molecule has 0 aliphatic carbocycles. The Balaban J connectivity index is 3.00. The highest BCUT2D eigenvalue weighted by Crippen LogP contribution is 2.21. The normalized spacial score (nSPS) is 11.9. The first-order valence-corrected chi connectivity index (χ1v) is 5.34. The molecule has 0 aromatic heterocycles. The molecule has 0 aliphatic heterocycles. The fourth-order valence-corrected chi connectivity index (χ4v) is 1.35. The first-order valence-electron chi connectivity index (χ1n) is 4.96. The number of hydrogen-bond acceptors (Lipinski definition) is 3. The molecule has 0 bridgehead atoms. The molecule has 3 N–H and O–H groups in total. The first kappa shape index (κ1) is 13.5. The van der Waals surface area contributed by atoms with Crippen LogP contribution in [0.1, 0.15) is 17.3 Å². The number of likely N-dealkylation sites (N-methyl/N-ethyl adjacent to an activating group) is 1. The van der Waals surface area contributed by atoms with Crippen molar-refractivity contribution in [2.45, 2.75) is 13.0 Å². The molecule has 1 unspecified atom stereocenters. The maximum absolute atomic E-state index is 11.6. The molecule has 0 saturated carbocycles. The molecule has 17 heavy (non-hydrogen) atoms. The summed E-state index contributed by atoms with van der Waals surface area (Å²) in [5, 5.41) is 14.6. The van der Waals surface area contributed by atoms with Gasteiger partial charge in [0.05, 0.1) is 17.3 Å². The topological polar surface area (TPSA) is 78.4 Å². The van der Waals surface area contributed by atoms with E-state index in [2.05, 4.69) is 10.6 Å². The van der Waals surface area contributed by atoms with Gasteiger partial charge in [0.15, 0.2) is 0 Å². The third-order valence-corrected chi connectivity index (χ3v) is 2.53. The number of nitrogens with one attached hydrogen (secondary N) is 2. The van der Waals surface area contributed by atoms with Crippen molar-refractivity contribution < 1.29 is 14.7 Å². The molecule has 0 aliphatic rings. The Morgan fingerprint density at radius 2 is 2.06 bits per heavy atom. The molecule has 1 rings (SSSR count). The third-order valence-electron chi connectivity index (χ3n) is 2.30. The van der Waals surface area contributed by atoms with Crippen LogP contribution in [0.15, 0.2) is 18.2 Å². The quantitative estimate of drug-likeness (QED) is 0.764. The summed E-state index contributed by atoms with van der Waals surface area (Å²) in [6, 6.07) is 3.80. The predicted molar refractivity (Wildman–Crippen MR) is 65.6 cm³/mol. The Morgan fingerprint density at radius 1 is 1.41 bits per heavy atom. The molecule has 1 aromatic carbocycles. The lowest BCUT2D eigenvalue weighted by Gasteiger charge is -2.13. The van der Waals surface area contributed by atoms with E-state index in [1.807, 2.05) is 0 Å². The second kappa shape index (κ2) is 5.65. The zero-order valence-corrected chi connectivity index (χ0v) is 10.2. The van der Waals surface area contributed by atoms with Crippen molar-refractivity contribution in [3.63, 3.8) is 0 Å². The maximum atomic E-state index is 11.6. The lowest BCUT2D eigenvalue weighted by atomic mass is 10.1. The van der Waals surface area contributed by atoms with Gasteiger partial charge in [-0.1, -0.05) is 11.6 Å². The molecule has 0 heterocycles. The summed E-state index contributed by atoms with van der Waals surface area (Å²) in [7, 11) is 1.64. The molecular weight excluding hydrogens is 244 g/mol. The Kier molecular flexibility index (Phi) is 4.48. The molecule has 0 saturated heterocycles. The van der Waals surface area contributed by atoms with Gasteiger partial charge in [-0.05, 0) is 32.2 Å². The van der Waals surface area contributed by atoms with Crippen LogP contribution in [-0.4, -0.2) is 30.1 Å². The van der Waals surface area contributed by atoms with Gasteiger partial charge in [-0.15, -0.1) is 0 Å². The molecule has 1 aromatic rings. The Labute approximate surface area is 104 Å². The summed E-state index contributed by atoms with van der Waals surface area (Å²) < 4.78 is 0. The van der Waals surface area contributed by atoms with E-state index in [-0.39, 0.29) is 17.2 Å². The second-order valence-electron chi connectivity index (χ2n) is 3.49. The van der Waals surface area contributed by atoms with Crippen LogP contribution >= 0.6 is 11.6 Å². The number of amides is 1. The summed E-state index contributed by atoms with van der Waals surface area (Å²) >= 11 is 5.76. The number of carbonyl (C=O) groups excluding carboxylic acids is 1. The van der Waals surface area contributed by atoms with E-state index < -0.39 is 12.0 Å². The van der Waals surface area contributed by atoms with Crippen LogP contribution in [0.25, 0.3) is 0 Å². The van der Waals surface area contributed by atoms with E-state index in [4.69, 9.17) is 16.7 Å². The van der Waals surface area contributed by atoms with Gasteiger partial charge in [0.25, 0.3) is 0 Å². The molecule has 5 nitrogen and oxygen atoms in total. The maximum Gasteiger partial charge on any atom is 0.337 e. The van der Waals surface area contributed by atoms with Gasteiger partial charge in [0.1, 0.15) is 0 Å². The van der Waals surface area contributed by atoms with Crippen molar-refractivity contribution in [3.05, 3.63) is 28.8 Å². The van der Waals surface area contributed by atoms with Crippen LogP contribution in [0.4, 0.5) is 5.69 Å². The van der Waals surface area contributed by atoms with Crippen LogP contribution in [0.3, 0.4) is 0 Å². The minimum atomic E-state index is -1.12. The number of carbonyl (C=O) groups is 2. The lowest BCUT2D eigenvalue weighted by molar-refractivity contribution is -0.117. The van der Waals surface area contributed by atoms with Crippen molar-refractivity contribution in [1.82, 2.24) is 5.32 Å². The van der Waals surface area contributed by atoms with Crippen LogP contribution in [0, 0.1) is 0 Å². The molecule has 1 amide bonds. The number of aromatic carboxylic acids is 1. The third kappa shape index (κ3) is 3.44. The molecule has 92 valence electrons. The number of benzene rings is 1. The highest BCUT2D eigenvalue weighted by Gasteiger charge is 2.15. The number of anilines is 1. The minimum Gasteiger partial charge on any atom is -0.478 e. The van der Waals surface area contributed by atoms with Gasteiger partial charge < -0.3 is 15.7 Å². The molecule has 0 radical (unpaired) electrons. The van der Waals surface area contributed by atoms with Gasteiger partial charge in [-0.3, -0.25) is 4.79 Å². The van der Waals surface area contributed by atoms with Crippen molar-refractivity contribution in [1.29, 1.82) is 0 Å². The highest BCUT2D eigenvalue weighted by molar-refractivity contribution is 6.31. The predicted octanol–water partition coefficient (Wildman–Crippen LogP) is 1.58. The zero-order valence-electron chi connectivity index (χ0n) is 9.45. The highest BCUT2D eigenvalue weighted by atomic mass is 35.5. The molecular formula is C11H13ClN2O3. The standard InChI is InChI=1S/C11H13ClN2O3/c1-6(13-2)10(15)14-9-5-7(12)3-4-8(9)11(16)17/h3-6,13H,1-2H3,(H,14,15)(H,16,17). The van der Waals surface area contributed by atoms with Crippen molar-refractivity contribution in [2.24, 2.45) is 0 Å². The van der Waals surface area contributed by atoms with E-state index in [1.54, 1.807) is 14.0 Å². The lowest BCUT2D eigenvalue weighted by Crippen LogP contribution is -2.35. The van der Waals surface area contributed by atoms with Crippen LogP contribution in [-0.2, 0) is 4.79 Å². The van der Waals surface area contributed by atoms with Gasteiger partial charge in [-0.2, -0.15) is 0 Å². The van der Waals surface area contributed by atoms with Crippen molar-refractivity contribution in [2.75, 3.05) is 12.4 Å². The van der Waals surface area contributed by atoms with Crippen LogP contribution < -0.4 is 10.6 Å². The van der Waals surface area contributed by atoms with E-state index in [0.29, 0.717) is 5.02 Å². The monoisotopic (exact) mass is 256 g/mol. The van der Waals surface area contributed by atoms with Gasteiger partial charge in [0, 0.05) is 5.02 Å². The fraction of sp³-hybridized carbons (Fsp3) is 0.273. The van der Waals surface area contributed by atoms with Gasteiger partial charge in [0.2, 0.25) is 5.91 Å². The number of hydrogen-bond donors (Lipinski definition) is 3. The number of rotatable bonds is 4. The number of carboxylic acids is 1. The fourth-order valence-electron chi connectivity index (χ4n) is 1.18. The second-order valence-corrected chi connectivity index (χ2v) is 3.93. The minimum absolute atomic E-state index is 0.00560. The Morgan fingerprint density at radius 3 is 2.59 bits per heavy atom. The smallest absolute Gasteiger partial charge is 0.337 e. The van der Waals surface area contributed by atoms with E-state index in [9.17, 15) is 9.59 Å². The van der Waals surface area contributed by atoms with Crippen LogP contribution in [0.2, 0.25) is 5.02 Å². The largest absolute Gasteiger partial charge is 0.478 e. The average Bonchev–Trinajstić information content (AvgIpc) is 2.27. The van der Waals surface area contributed by atoms with E-state index in [0.717, 1.165) is 0 Å². The molecule has 0 fully saturated rings. The first-order chi connectivity index (χ1) is 7.95. The summed E-state index contributed by atoms with van der Waals surface area (Å²) in [5.41, 5.74) is 0.197. The van der Waals surface area contributed by atoms with E-state index >= 15 is 0 Å². The molecule has 6 heteroatoms. The summed E-state index contributed by atoms with van der Waals surface area (Å²) in [6.45, 7) is 1.67. The summed E-state index contributed by atoms with van der Waals surface area (Å²) in [6.07, 6.45) is 0. The summed E-state index contributed by atoms with van der Waals surface area (Å²) in [5.74, 6) is -1.44. The molecule has 0 spiro atoms. The number of halogens is 1. The molecule has 1 atom stereocenters. The SMILES string of the molecule is CNC(C)C(=O)Nc1cc(Cl)ccc1C(=O)O. The van der Waals surface area contributed by atoms with Crippen molar-refractivity contribution in [3.8, 4) is 0 Å². The number of carboxylic acid groups (broad SMARTS) is 1. The van der Waals surface area contributed by atoms with Crippen LogP contribution in [0.5, 0.6) is 0 Å². The van der Waals surface area contributed by atoms with Crippen molar-refractivity contribution >= 4 is 29.2 Å². The van der Waals surface area contributed by atoms with Gasteiger partial charge >= 0.3 is 5.97 Å². The van der Waals surface area contributed by atoms with E-state index in [1.165, 1.54) is 18.2 Å². The zero-order chi connectivity index (χ0) is 13.0. The summed E-state index contributed by atoms with van der Waals surface area (Å²) in [4.78, 5) is 22.6. The average molecular weight is 257 g/mol. The van der Waals surface area contributed by atoms with Gasteiger partial charge in [-0.25, -0.2) is 4.79 Å². The Hall–Kier alpha value is -1.59. The Bertz CT molecular complexity index is 448.